The summed E-state index contributed by atoms with van der Waals surface area (Å²) >= 11 is 0. The largest absolute Gasteiger partial charge is 0.422 e. The van der Waals surface area contributed by atoms with E-state index in [4.69, 9.17) is 4.42 Å². The Bertz CT molecular complexity index is 845. The van der Waals surface area contributed by atoms with Gasteiger partial charge in [-0.25, -0.2) is 4.79 Å². The maximum atomic E-state index is 12.1. The van der Waals surface area contributed by atoms with Crippen LogP contribution in [-0.4, -0.2) is 5.78 Å². The van der Waals surface area contributed by atoms with Gasteiger partial charge >= 0.3 is 5.63 Å². The van der Waals surface area contributed by atoms with E-state index in [-0.39, 0.29) is 5.78 Å². The summed E-state index contributed by atoms with van der Waals surface area (Å²) in [6.07, 6.45) is 0. The average Bonchev–Trinajstić information content (AvgIpc) is 2.47. The van der Waals surface area contributed by atoms with Crippen molar-refractivity contribution in [2.45, 2.75) is 6.92 Å². The quantitative estimate of drug-likeness (QED) is 0.663. The molecule has 20 heavy (non-hydrogen) atoms. The van der Waals surface area contributed by atoms with E-state index in [2.05, 4.69) is 0 Å². The number of Topliss-reactive ketones (excluding diaryl/α,β-unsaturated/α-hetero) is 1. The van der Waals surface area contributed by atoms with Crippen molar-refractivity contribution in [2.75, 3.05) is 0 Å². The van der Waals surface area contributed by atoms with Crippen molar-refractivity contribution in [1.29, 1.82) is 0 Å². The van der Waals surface area contributed by atoms with Crippen LogP contribution in [0, 0.1) is 0 Å². The van der Waals surface area contributed by atoms with Crippen LogP contribution in [0.1, 0.15) is 17.3 Å². The number of benzene rings is 2. The van der Waals surface area contributed by atoms with Gasteiger partial charge in [0.25, 0.3) is 0 Å². The Kier molecular flexibility index (Phi) is 2.95. The van der Waals surface area contributed by atoms with E-state index >= 15 is 0 Å². The Balaban J connectivity index is 2.24. The number of hydrogen-bond acceptors (Lipinski definition) is 3. The minimum Gasteiger partial charge on any atom is -0.422 e. The van der Waals surface area contributed by atoms with E-state index in [1.54, 1.807) is 18.2 Å². The Labute approximate surface area is 115 Å². The molecular weight excluding hydrogens is 252 g/mol. The first-order chi connectivity index (χ1) is 9.65. The molecule has 3 aromatic rings. The molecular formula is C17H12O3. The number of fused-ring (bicyclic) bond motifs is 1. The number of rotatable bonds is 2. The van der Waals surface area contributed by atoms with Crippen molar-refractivity contribution < 1.29 is 9.21 Å². The van der Waals surface area contributed by atoms with E-state index in [1.807, 2.05) is 36.4 Å². The number of ketones is 1. The number of carbonyl (C=O) groups excluding carboxylic acids is 1. The van der Waals surface area contributed by atoms with E-state index in [0.29, 0.717) is 16.7 Å². The monoisotopic (exact) mass is 264 g/mol. The zero-order valence-corrected chi connectivity index (χ0v) is 10.9. The third-order valence-electron chi connectivity index (χ3n) is 3.23. The van der Waals surface area contributed by atoms with Crippen LogP contribution < -0.4 is 5.63 Å². The zero-order valence-electron chi connectivity index (χ0n) is 10.9. The lowest BCUT2D eigenvalue weighted by Crippen LogP contribution is -2.02. The summed E-state index contributed by atoms with van der Waals surface area (Å²) in [7, 11) is 0. The molecule has 0 fully saturated rings. The van der Waals surface area contributed by atoms with Gasteiger partial charge in [-0.3, -0.25) is 4.79 Å². The van der Waals surface area contributed by atoms with Crippen molar-refractivity contribution in [3.8, 4) is 11.3 Å². The van der Waals surface area contributed by atoms with Crippen LogP contribution in [0.4, 0.5) is 0 Å². The van der Waals surface area contributed by atoms with Crippen molar-refractivity contribution in [2.24, 2.45) is 0 Å². The maximum absolute atomic E-state index is 12.1. The molecule has 0 aliphatic heterocycles. The second-order valence-corrected chi connectivity index (χ2v) is 4.62. The van der Waals surface area contributed by atoms with Crippen LogP contribution >= 0.6 is 0 Å². The van der Waals surface area contributed by atoms with Gasteiger partial charge in [0, 0.05) is 11.1 Å². The van der Waals surface area contributed by atoms with Crippen LogP contribution in [-0.2, 0) is 0 Å². The van der Waals surface area contributed by atoms with Gasteiger partial charge in [0.2, 0.25) is 0 Å². The third kappa shape index (κ3) is 2.14. The zero-order chi connectivity index (χ0) is 14.1. The highest BCUT2D eigenvalue weighted by Gasteiger charge is 2.08. The Morgan fingerprint density at radius 1 is 1.00 bits per heavy atom. The standard InChI is InChI=1S/C17H12O3/c1-11(18)13-7-8-14-10-16(12-5-3-2-4-6-12)20-17(19)15(14)9-13/h2-10H,1H3. The van der Waals surface area contributed by atoms with Gasteiger partial charge in [0.15, 0.2) is 5.78 Å². The molecule has 0 atom stereocenters. The van der Waals surface area contributed by atoms with Gasteiger partial charge in [-0.1, -0.05) is 42.5 Å². The van der Waals surface area contributed by atoms with Crippen molar-refractivity contribution in [3.05, 3.63) is 70.6 Å². The smallest absolute Gasteiger partial charge is 0.344 e. The molecule has 0 amide bonds. The molecule has 0 saturated heterocycles. The van der Waals surface area contributed by atoms with Gasteiger partial charge in [-0.05, 0) is 24.4 Å². The predicted octanol–water partition coefficient (Wildman–Crippen LogP) is 3.66. The molecule has 0 aliphatic carbocycles. The average molecular weight is 264 g/mol. The lowest BCUT2D eigenvalue weighted by Gasteiger charge is -2.03. The summed E-state index contributed by atoms with van der Waals surface area (Å²) in [6.45, 7) is 1.47. The van der Waals surface area contributed by atoms with Gasteiger partial charge in [-0.2, -0.15) is 0 Å². The van der Waals surface area contributed by atoms with Crippen LogP contribution in [0.15, 0.2) is 63.8 Å². The molecule has 0 spiro atoms. The van der Waals surface area contributed by atoms with Crippen LogP contribution in [0.3, 0.4) is 0 Å². The fourth-order valence-corrected chi connectivity index (χ4v) is 2.15. The molecule has 1 heterocycles. The summed E-state index contributed by atoms with van der Waals surface area (Å²) in [5, 5.41) is 1.20. The molecule has 3 heteroatoms. The highest BCUT2D eigenvalue weighted by molar-refractivity contribution is 5.98. The van der Waals surface area contributed by atoms with Gasteiger partial charge in [0.1, 0.15) is 5.76 Å². The third-order valence-corrected chi connectivity index (χ3v) is 3.23. The summed E-state index contributed by atoms with van der Waals surface area (Å²) in [4.78, 5) is 23.4. The summed E-state index contributed by atoms with van der Waals surface area (Å²) < 4.78 is 5.34. The lowest BCUT2D eigenvalue weighted by molar-refractivity contribution is 0.101. The maximum Gasteiger partial charge on any atom is 0.344 e. The molecule has 0 N–H and O–H groups in total. The normalized spacial score (nSPS) is 10.7. The molecule has 2 aromatic carbocycles. The molecule has 0 radical (unpaired) electrons. The minimum absolute atomic E-state index is 0.0709. The summed E-state index contributed by atoms with van der Waals surface area (Å²) in [6, 6.07) is 16.3. The van der Waals surface area contributed by atoms with Crippen molar-refractivity contribution in [3.63, 3.8) is 0 Å². The second kappa shape index (κ2) is 4.78. The van der Waals surface area contributed by atoms with E-state index in [0.717, 1.165) is 10.9 Å². The minimum atomic E-state index is -0.426. The van der Waals surface area contributed by atoms with Crippen LogP contribution in [0.25, 0.3) is 22.1 Å². The summed E-state index contributed by atoms with van der Waals surface area (Å²) in [5.41, 5.74) is 0.934. The Morgan fingerprint density at radius 2 is 1.75 bits per heavy atom. The predicted molar refractivity (Wildman–Crippen MR) is 77.9 cm³/mol. The first-order valence-corrected chi connectivity index (χ1v) is 6.29. The second-order valence-electron chi connectivity index (χ2n) is 4.62. The van der Waals surface area contributed by atoms with Crippen LogP contribution in [0.5, 0.6) is 0 Å². The molecule has 0 saturated carbocycles. The summed E-state index contributed by atoms with van der Waals surface area (Å²) in [5.74, 6) is 0.456. The molecule has 3 rings (SSSR count). The van der Waals surface area contributed by atoms with E-state index in [9.17, 15) is 9.59 Å². The fourth-order valence-electron chi connectivity index (χ4n) is 2.15. The van der Waals surface area contributed by atoms with Gasteiger partial charge in [0.05, 0.1) is 5.39 Å². The molecule has 0 aliphatic rings. The first kappa shape index (κ1) is 12.4. The van der Waals surface area contributed by atoms with E-state index < -0.39 is 5.63 Å². The SMILES string of the molecule is CC(=O)c1ccc2cc(-c3ccccc3)oc(=O)c2c1. The first-order valence-electron chi connectivity index (χ1n) is 6.29. The Morgan fingerprint density at radius 3 is 2.45 bits per heavy atom. The molecule has 0 unspecified atom stereocenters. The van der Waals surface area contributed by atoms with Gasteiger partial charge < -0.3 is 4.42 Å². The molecule has 98 valence electrons. The lowest BCUT2D eigenvalue weighted by atomic mass is 10.0. The van der Waals surface area contributed by atoms with Crippen molar-refractivity contribution in [1.82, 2.24) is 0 Å². The highest BCUT2D eigenvalue weighted by atomic mass is 16.4. The molecule has 3 nitrogen and oxygen atoms in total. The van der Waals surface area contributed by atoms with Crippen LogP contribution in [0.2, 0.25) is 0 Å². The highest BCUT2D eigenvalue weighted by Crippen LogP contribution is 2.22. The van der Waals surface area contributed by atoms with Crippen molar-refractivity contribution >= 4 is 16.6 Å². The molecule has 0 bridgehead atoms. The fraction of sp³-hybridized carbons (Fsp3) is 0.0588. The molecule has 1 aromatic heterocycles. The Hall–Kier alpha value is -2.68. The van der Waals surface area contributed by atoms with Gasteiger partial charge in [-0.15, -0.1) is 0 Å². The van der Waals surface area contributed by atoms with E-state index in [1.165, 1.54) is 6.92 Å². The number of hydrogen-bond donors (Lipinski definition) is 0. The topological polar surface area (TPSA) is 47.3 Å². The number of carbonyl (C=O) groups is 1.